The molecule has 94 valence electrons. The van der Waals surface area contributed by atoms with Gasteiger partial charge in [-0.3, -0.25) is 0 Å². The first-order valence-corrected chi connectivity index (χ1v) is 7.21. The van der Waals surface area contributed by atoms with E-state index in [0.29, 0.717) is 11.7 Å². The van der Waals surface area contributed by atoms with Crippen molar-refractivity contribution in [3.63, 3.8) is 0 Å². The van der Waals surface area contributed by atoms with E-state index >= 15 is 0 Å². The number of phenolic OH excluding ortho intramolecular Hbond substituents is 1. The van der Waals surface area contributed by atoms with Crippen LogP contribution < -0.4 is 5.32 Å². The van der Waals surface area contributed by atoms with Gasteiger partial charge < -0.3 is 10.4 Å². The normalized spacial score (nSPS) is 17.3. The van der Waals surface area contributed by atoms with Crippen molar-refractivity contribution in [1.29, 1.82) is 0 Å². The number of hydrogen-bond acceptors (Lipinski definition) is 2. The average Bonchev–Trinajstić information content (AvgIpc) is 2.36. The minimum Gasteiger partial charge on any atom is -0.506 e. The van der Waals surface area contributed by atoms with Gasteiger partial charge in [0.25, 0.3) is 0 Å². The van der Waals surface area contributed by atoms with Gasteiger partial charge in [0.15, 0.2) is 0 Å². The van der Waals surface area contributed by atoms with Crippen LogP contribution in [0.25, 0.3) is 0 Å². The van der Waals surface area contributed by atoms with Gasteiger partial charge in [-0.15, -0.1) is 0 Å². The van der Waals surface area contributed by atoms with Crippen LogP contribution in [-0.2, 0) is 12.8 Å². The Hall–Kier alpha value is -0.540. The maximum atomic E-state index is 10.1. The van der Waals surface area contributed by atoms with Gasteiger partial charge in [0, 0.05) is 0 Å². The molecule has 1 saturated heterocycles. The van der Waals surface area contributed by atoms with Crippen molar-refractivity contribution in [3.8, 4) is 5.75 Å². The Morgan fingerprint density at radius 3 is 2.71 bits per heavy atom. The van der Waals surface area contributed by atoms with Gasteiger partial charge >= 0.3 is 0 Å². The molecule has 0 spiro atoms. The summed E-state index contributed by atoms with van der Waals surface area (Å²) in [6.45, 7) is 4.37. The molecule has 0 saturated carbocycles. The monoisotopic (exact) mass is 297 g/mol. The Morgan fingerprint density at radius 2 is 2.06 bits per heavy atom. The van der Waals surface area contributed by atoms with Crippen molar-refractivity contribution in [3.05, 3.63) is 27.7 Å². The third kappa shape index (κ3) is 3.23. The van der Waals surface area contributed by atoms with Gasteiger partial charge in [-0.25, -0.2) is 0 Å². The molecule has 0 amide bonds. The summed E-state index contributed by atoms with van der Waals surface area (Å²) >= 11 is 3.44. The van der Waals surface area contributed by atoms with Crippen molar-refractivity contribution in [1.82, 2.24) is 5.32 Å². The van der Waals surface area contributed by atoms with Crippen molar-refractivity contribution >= 4 is 15.9 Å². The summed E-state index contributed by atoms with van der Waals surface area (Å²) in [4.78, 5) is 0. The highest BCUT2D eigenvalue weighted by atomic mass is 79.9. The van der Waals surface area contributed by atoms with Gasteiger partial charge in [-0.2, -0.15) is 0 Å². The predicted octanol–water partition coefficient (Wildman–Crippen LogP) is 3.26. The minimum absolute atomic E-state index is 0.431. The van der Waals surface area contributed by atoms with Crippen LogP contribution in [0, 0.1) is 5.92 Å². The summed E-state index contributed by atoms with van der Waals surface area (Å²) in [6, 6.07) is 4.17. The fourth-order valence-electron chi connectivity index (χ4n) is 2.47. The van der Waals surface area contributed by atoms with Gasteiger partial charge in [0.1, 0.15) is 5.75 Å². The molecular formula is C14H20BrNO. The number of benzene rings is 1. The second kappa shape index (κ2) is 5.87. The topological polar surface area (TPSA) is 32.3 Å². The van der Waals surface area contributed by atoms with Crippen molar-refractivity contribution < 1.29 is 5.11 Å². The number of aryl methyl sites for hydroxylation is 1. The van der Waals surface area contributed by atoms with Gasteiger partial charge in [0.2, 0.25) is 0 Å². The first-order valence-electron chi connectivity index (χ1n) is 6.41. The quantitative estimate of drug-likeness (QED) is 0.897. The van der Waals surface area contributed by atoms with Gasteiger partial charge in [-0.05, 0) is 77.8 Å². The third-order valence-electron chi connectivity index (χ3n) is 3.58. The zero-order chi connectivity index (χ0) is 12.3. The molecule has 1 aliphatic rings. The van der Waals surface area contributed by atoms with Crippen LogP contribution in [0.15, 0.2) is 16.6 Å². The highest BCUT2D eigenvalue weighted by Crippen LogP contribution is 2.32. The molecule has 17 heavy (non-hydrogen) atoms. The van der Waals surface area contributed by atoms with E-state index in [1.54, 1.807) is 0 Å². The summed E-state index contributed by atoms with van der Waals surface area (Å²) in [5.41, 5.74) is 2.39. The number of aromatic hydroxyl groups is 1. The molecule has 1 aromatic rings. The lowest BCUT2D eigenvalue weighted by Gasteiger charge is -2.23. The lowest BCUT2D eigenvalue weighted by molar-refractivity contribution is 0.366. The Bertz CT molecular complexity index is 386. The Balaban J connectivity index is 2.15. The van der Waals surface area contributed by atoms with E-state index < -0.39 is 0 Å². The number of phenols is 1. The Morgan fingerprint density at radius 1 is 1.35 bits per heavy atom. The lowest BCUT2D eigenvalue weighted by atomic mass is 9.90. The number of piperidine rings is 1. The lowest BCUT2D eigenvalue weighted by Crippen LogP contribution is -2.28. The highest BCUT2D eigenvalue weighted by Gasteiger charge is 2.16. The van der Waals surface area contributed by atoms with Crippen LogP contribution in [0.1, 0.15) is 30.9 Å². The van der Waals surface area contributed by atoms with E-state index in [9.17, 15) is 5.11 Å². The van der Waals surface area contributed by atoms with Crippen LogP contribution in [0.5, 0.6) is 5.75 Å². The predicted molar refractivity (Wildman–Crippen MR) is 74.5 cm³/mol. The molecule has 1 heterocycles. The first-order chi connectivity index (χ1) is 8.20. The second-order valence-corrected chi connectivity index (χ2v) is 5.69. The maximum Gasteiger partial charge on any atom is 0.132 e. The molecular weight excluding hydrogens is 278 g/mol. The molecule has 1 aromatic carbocycles. The first kappa shape index (κ1) is 12.9. The van der Waals surface area contributed by atoms with Crippen LogP contribution in [0.4, 0.5) is 0 Å². The van der Waals surface area contributed by atoms with Crippen LogP contribution in [0.3, 0.4) is 0 Å². The number of nitrogens with one attached hydrogen (secondary N) is 1. The van der Waals surface area contributed by atoms with Crippen LogP contribution in [-0.4, -0.2) is 18.2 Å². The standard InChI is InChI=1S/C14H20BrNO/c1-2-10-7-12(14(17)13(15)9-10)8-11-3-5-16-6-4-11/h7,9,11,16-17H,2-6,8H2,1H3. The molecule has 2 N–H and O–H groups in total. The zero-order valence-corrected chi connectivity index (χ0v) is 11.9. The minimum atomic E-state index is 0.431. The molecule has 0 bridgehead atoms. The molecule has 2 nitrogen and oxygen atoms in total. The number of rotatable bonds is 3. The largest absolute Gasteiger partial charge is 0.506 e. The molecule has 0 aromatic heterocycles. The smallest absolute Gasteiger partial charge is 0.132 e. The van der Waals surface area contributed by atoms with Crippen LogP contribution in [0.2, 0.25) is 0 Å². The van der Waals surface area contributed by atoms with E-state index in [0.717, 1.165) is 36.0 Å². The van der Waals surface area contributed by atoms with E-state index in [-0.39, 0.29) is 0 Å². The SMILES string of the molecule is CCc1cc(Br)c(O)c(CC2CCNCC2)c1. The summed E-state index contributed by atoms with van der Waals surface area (Å²) in [5, 5.41) is 13.5. The van der Waals surface area contributed by atoms with Gasteiger partial charge in [0.05, 0.1) is 4.47 Å². The fourth-order valence-corrected chi connectivity index (χ4v) is 3.02. The Labute approximate surface area is 112 Å². The Kier molecular flexibility index (Phi) is 4.46. The molecule has 0 radical (unpaired) electrons. The van der Waals surface area contributed by atoms with Crippen molar-refractivity contribution in [2.24, 2.45) is 5.92 Å². The molecule has 1 aliphatic heterocycles. The zero-order valence-electron chi connectivity index (χ0n) is 10.3. The summed E-state index contributed by atoms with van der Waals surface area (Å²) in [6.07, 6.45) is 4.44. The van der Waals surface area contributed by atoms with Gasteiger partial charge in [-0.1, -0.05) is 13.0 Å². The van der Waals surface area contributed by atoms with E-state index in [4.69, 9.17) is 0 Å². The summed E-state index contributed by atoms with van der Waals surface area (Å²) < 4.78 is 0.834. The fraction of sp³-hybridized carbons (Fsp3) is 0.571. The maximum absolute atomic E-state index is 10.1. The number of hydrogen-bond donors (Lipinski definition) is 2. The van der Waals surface area contributed by atoms with Crippen LogP contribution >= 0.6 is 15.9 Å². The molecule has 0 aliphatic carbocycles. The number of halogens is 1. The highest BCUT2D eigenvalue weighted by molar-refractivity contribution is 9.10. The molecule has 0 atom stereocenters. The second-order valence-electron chi connectivity index (χ2n) is 4.84. The molecule has 1 fully saturated rings. The van der Waals surface area contributed by atoms with E-state index in [1.165, 1.54) is 18.4 Å². The summed E-state index contributed by atoms with van der Waals surface area (Å²) in [5.74, 6) is 1.14. The van der Waals surface area contributed by atoms with Crippen molar-refractivity contribution in [2.45, 2.75) is 32.6 Å². The third-order valence-corrected chi connectivity index (χ3v) is 4.18. The summed E-state index contributed by atoms with van der Waals surface area (Å²) in [7, 11) is 0. The molecule has 3 heteroatoms. The average molecular weight is 298 g/mol. The molecule has 0 unspecified atom stereocenters. The van der Waals surface area contributed by atoms with E-state index in [1.807, 2.05) is 6.07 Å². The van der Waals surface area contributed by atoms with E-state index in [2.05, 4.69) is 34.2 Å². The van der Waals surface area contributed by atoms with Crippen molar-refractivity contribution in [2.75, 3.05) is 13.1 Å². The molecule has 2 rings (SSSR count).